The van der Waals surface area contributed by atoms with E-state index >= 15 is 0 Å². The van der Waals surface area contributed by atoms with Gasteiger partial charge < -0.3 is 14.6 Å². The molecule has 0 spiro atoms. The highest BCUT2D eigenvalue weighted by atomic mass is 16.5. The second-order valence-electron chi connectivity index (χ2n) is 3.97. The lowest BCUT2D eigenvalue weighted by Crippen LogP contribution is -2.07. The maximum atomic E-state index is 11.7. The van der Waals surface area contributed by atoms with Crippen molar-refractivity contribution < 1.29 is 24.2 Å². The Bertz CT molecular complexity index is 617. The summed E-state index contributed by atoms with van der Waals surface area (Å²) in [6.07, 6.45) is 0.833. The van der Waals surface area contributed by atoms with Gasteiger partial charge in [-0.2, -0.15) is 0 Å². The maximum absolute atomic E-state index is 11.7. The van der Waals surface area contributed by atoms with E-state index in [0.717, 1.165) is 11.8 Å². The fraction of sp³-hybridized carbons (Fsp3) is 0.0588. The van der Waals surface area contributed by atoms with Gasteiger partial charge in [-0.1, -0.05) is 24.8 Å². The summed E-state index contributed by atoms with van der Waals surface area (Å²) < 4.78 is 10.2. The van der Waals surface area contributed by atoms with Crippen LogP contribution in [-0.2, 0) is 4.79 Å². The van der Waals surface area contributed by atoms with E-state index in [9.17, 15) is 9.59 Å². The zero-order chi connectivity index (χ0) is 16.4. The van der Waals surface area contributed by atoms with Gasteiger partial charge >= 0.3 is 11.9 Å². The van der Waals surface area contributed by atoms with Crippen LogP contribution in [0.25, 0.3) is 0 Å². The molecular formula is C17H16O5. The third-order valence-corrected chi connectivity index (χ3v) is 2.45. The maximum Gasteiger partial charge on any atom is 0.343 e. The predicted octanol–water partition coefficient (Wildman–Crippen LogP) is 3.17. The number of hydrogen-bond donors (Lipinski definition) is 1. The first-order valence-electron chi connectivity index (χ1n) is 6.33. The molecule has 114 valence electrons. The van der Waals surface area contributed by atoms with Crippen molar-refractivity contribution >= 4 is 11.9 Å². The van der Waals surface area contributed by atoms with Gasteiger partial charge in [-0.25, -0.2) is 9.59 Å². The number of carbonyl (C=O) groups is 2. The van der Waals surface area contributed by atoms with Crippen molar-refractivity contribution in [1.82, 2.24) is 0 Å². The minimum absolute atomic E-state index is 0.365. The summed E-state index contributed by atoms with van der Waals surface area (Å²) in [5.41, 5.74) is 0.531. The summed E-state index contributed by atoms with van der Waals surface area (Å²) in [4.78, 5) is 21.0. The van der Waals surface area contributed by atoms with Gasteiger partial charge in [-0.15, -0.1) is 0 Å². The third kappa shape index (κ3) is 5.92. The standard InChI is InChI=1S/C14H12O3.C3H4O2/c1-16-12-7-9-13(10-8-12)17-14(15)11-5-3-2-4-6-11;1-2-3(4)5/h2-10H,1H3;2H,1H2,(H,4,5). The van der Waals surface area contributed by atoms with Crippen LogP contribution in [0.15, 0.2) is 67.3 Å². The van der Waals surface area contributed by atoms with Gasteiger partial charge in [-0.05, 0) is 36.4 Å². The van der Waals surface area contributed by atoms with Crippen molar-refractivity contribution in [3.8, 4) is 11.5 Å². The van der Waals surface area contributed by atoms with Crippen molar-refractivity contribution in [2.45, 2.75) is 0 Å². The van der Waals surface area contributed by atoms with Gasteiger partial charge in [0, 0.05) is 6.08 Å². The molecule has 5 heteroatoms. The number of aliphatic carboxylic acids is 1. The topological polar surface area (TPSA) is 72.8 Å². The van der Waals surface area contributed by atoms with Crippen LogP contribution in [0.3, 0.4) is 0 Å². The van der Waals surface area contributed by atoms with Crippen LogP contribution in [-0.4, -0.2) is 24.2 Å². The molecule has 0 amide bonds. The largest absolute Gasteiger partial charge is 0.497 e. The van der Waals surface area contributed by atoms with E-state index in [1.807, 2.05) is 6.07 Å². The molecule has 0 aliphatic rings. The molecule has 0 atom stereocenters. The number of carboxylic acids is 1. The summed E-state index contributed by atoms with van der Waals surface area (Å²) in [5.74, 6) is -0.120. The number of rotatable bonds is 4. The zero-order valence-corrected chi connectivity index (χ0v) is 12.1. The Morgan fingerprint density at radius 1 is 1.00 bits per heavy atom. The van der Waals surface area contributed by atoms with Crippen LogP contribution in [0, 0.1) is 0 Å². The highest BCUT2D eigenvalue weighted by Gasteiger charge is 2.07. The molecule has 0 saturated heterocycles. The SMILES string of the molecule is C=CC(=O)O.COc1ccc(OC(=O)c2ccccc2)cc1. The monoisotopic (exact) mass is 300 g/mol. The van der Waals surface area contributed by atoms with Gasteiger partial charge in [0.15, 0.2) is 0 Å². The van der Waals surface area contributed by atoms with Crippen LogP contribution < -0.4 is 9.47 Å². The summed E-state index contributed by atoms with van der Waals surface area (Å²) in [5, 5.41) is 7.60. The fourth-order valence-corrected chi connectivity index (χ4v) is 1.38. The Labute approximate surface area is 128 Å². The molecular weight excluding hydrogens is 284 g/mol. The van der Waals surface area contributed by atoms with Gasteiger partial charge in [0.2, 0.25) is 0 Å². The van der Waals surface area contributed by atoms with Crippen molar-refractivity contribution in [3.05, 3.63) is 72.8 Å². The Morgan fingerprint density at radius 2 is 1.50 bits per heavy atom. The molecule has 0 unspecified atom stereocenters. The van der Waals surface area contributed by atoms with E-state index in [2.05, 4.69) is 6.58 Å². The Hall–Kier alpha value is -3.08. The number of carboxylic acid groups (broad SMARTS) is 1. The Morgan fingerprint density at radius 3 is 1.95 bits per heavy atom. The molecule has 0 heterocycles. The van der Waals surface area contributed by atoms with Crippen LogP contribution in [0.1, 0.15) is 10.4 Å². The smallest absolute Gasteiger partial charge is 0.343 e. The van der Waals surface area contributed by atoms with E-state index in [-0.39, 0.29) is 5.97 Å². The lowest BCUT2D eigenvalue weighted by Gasteiger charge is -2.05. The van der Waals surface area contributed by atoms with E-state index in [1.165, 1.54) is 0 Å². The van der Waals surface area contributed by atoms with Crippen molar-refractivity contribution in [1.29, 1.82) is 0 Å². The molecule has 0 aromatic heterocycles. The normalized spacial score (nSPS) is 8.95. The Balaban J connectivity index is 0.000000422. The first-order chi connectivity index (χ1) is 10.6. The average Bonchev–Trinajstić information content (AvgIpc) is 2.57. The Kier molecular flexibility index (Phi) is 6.92. The van der Waals surface area contributed by atoms with Crippen LogP contribution >= 0.6 is 0 Å². The van der Waals surface area contributed by atoms with Crippen molar-refractivity contribution in [3.63, 3.8) is 0 Å². The van der Waals surface area contributed by atoms with Gasteiger partial charge in [0.05, 0.1) is 12.7 Å². The minimum Gasteiger partial charge on any atom is -0.497 e. The first-order valence-corrected chi connectivity index (χ1v) is 6.33. The first kappa shape index (κ1) is 17.0. The van der Waals surface area contributed by atoms with Gasteiger partial charge in [0.1, 0.15) is 11.5 Å². The zero-order valence-electron chi connectivity index (χ0n) is 12.1. The molecule has 0 bridgehead atoms. The molecule has 0 fully saturated rings. The summed E-state index contributed by atoms with van der Waals surface area (Å²) in [6.45, 7) is 2.96. The highest BCUT2D eigenvalue weighted by Crippen LogP contribution is 2.18. The number of hydrogen-bond acceptors (Lipinski definition) is 4. The molecule has 2 aromatic rings. The second-order valence-corrected chi connectivity index (χ2v) is 3.97. The molecule has 0 aliphatic carbocycles. The molecule has 2 aromatic carbocycles. The lowest BCUT2D eigenvalue weighted by molar-refractivity contribution is -0.131. The minimum atomic E-state index is -0.981. The average molecular weight is 300 g/mol. The number of carbonyl (C=O) groups excluding carboxylic acids is 1. The van der Waals surface area contributed by atoms with E-state index in [0.29, 0.717) is 11.3 Å². The summed E-state index contributed by atoms with van der Waals surface area (Å²) in [7, 11) is 1.59. The quantitative estimate of drug-likeness (QED) is 0.533. The van der Waals surface area contributed by atoms with E-state index in [1.54, 1.807) is 55.6 Å². The summed E-state index contributed by atoms with van der Waals surface area (Å²) >= 11 is 0. The molecule has 0 aliphatic heterocycles. The molecule has 0 saturated carbocycles. The van der Waals surface area contributed by atoms with Crippen LogP contribution in [0.4, 0.5) is 0 Å². The fourth-order valence-electron chi connectivity index (χ4n) is 1.38. The van der Waals surface area contributed by atoms with Crippen LogP contribution in [0.5, 0.6) is 11.5 Å². The highest BCUT2D eigenvalue weighted by molar-refractivity contribution is 5.90. The lowest BCUT2D eigenvalue weighted by atomic mass is 10.2. The van der Waals surface area contributed by atoms with Crippen molar-refractivity contribution in [2.24, 2.45) is 0 Å². The molecule has 2 rings (SSSR count). The third-order valence-electron chi connectivity index (χ3n) is 2.45. The van der Waals surface area contributed by atoms with E-state index < -0.39 is 5.97 Å². The van der Waals surface area contributed by atoms with Gasteiger partial charge in [0.25, 0.3) is 0 Å². The number of ether oxygens (including phenoxy) is 2. The number of methoxy groups -OCH3 is 1. The molecule has 1 N–H and O–H groups in total. The van der Waals surface area contributed by atoms with Gasteiger partial charge in [-0.3, -0.25) is 0 Å². The van der Waals surface area contributed by atoms with Crippen LogP contribution in [0.2, 0.25) is 0 Å². The molecule has 22 heavy (non-hydrogen) atoms. The number of benzene rings is 2. The molecule has 0 radical (unpaired) electrons. The second kappa shape index (κ2) is 8.97. The number of esters is 1. The predicted molar refractivity (Wildman–Crippen MR) is 82.2 cm³/mol. The summed E-state index contributed by atoms with van der Waals surface area (Å²) in [6, 6.07) is 15.7. The van der Waals surface area contributed by atoms with E-state index in [4.69, 9.17) is 14.6 Å². The molecule has 5 nitrogen and oxygen atoms in total. The van der Waals surface area contributed by atoms with Crippen molar-refractivity contribution in [2.75, 3.05) is 7.11 Å².